The van der Waals surface area contributed by atoms with Crippen LogP contribution in [0.4, 0.5) is 5.69 Å². The number of aryl methyl sites for hydroxylation is 4. The maximum Gasteiger partial charge on any atom is 0.257 e. The van der Waals surface area contributed by atoms with Crippen LogP contribution >= 0.6 is 15.9 Å². The second-order valence-electron chi connectivity index (χ2n) is 7.91. The standard InChI is InChI=1S/C25H30BrN5O/c1-6-31-19(5)23(18(4)30-31)11-12-27-25(28-22-9-7-21(26)8-10-22)29-24(32)20-14-16(2)13-17(3)15-20/h7-10,13-15H,6,11-12H2,1-5H3,(H2,27,28,29,32). The molecule has 3 aromatic rings. The Morgan fingerprint density at radius 3 is 2.31 bits per heavy atom. The topological polar surface area (TPSA) is 71.3 Å². The number of aromatic nitrogens is 2. The smallest absolute Gasteiger partial charge is 0.257 e. The molecule has 2 aromatic carbocycles. The molecule has 1 aromatic heterocycles. The van der Waals surface area contributed by atoms with E-state index in [4.69, 9.17) is 0 Å². The van der Waals surface area contributed by atoms with Crippen molar-refractivity contribution in [1.29, 1.82) is 0 Å². The van der Waals surface area contributed by atoms with Gasteiger partial charge in [0.25, 0.3) is 5.91 Å². The lowest BCUT2D eigenvalue weighted by molar-refractivity contribution is 0.0976. The molecule has 0 aliphatic carbocycles. The molecule has 0 radical (unpaired) electrons. The van der Waals surface area contributed by atoms with Gasteiger partial charge in [0.15, 0.2) is 0 Å². The summed E-state index contributed by atoms with van der Waals surface area (Å²) in [5, 5.41) is 10.8. The number of nitrogens with one attached hydrogen (secondary N) is 2. The summed E-state index contributed by atoms with van der Waals surface area (Å²) >= 11 is 3.45. The number of rotatable bonds is 6. The third-order valence-corrected chi connectivity index (χ3v) is 5.81. The molecule has 0 atom stereocenters. The number of hydrogen-bond acceptors (Lipinski definition) is 3. The molecule has 0 spiro atoms. The van der Waals surface area contributed by atoms with E-state index in [1.54, 1.807) is 0 Å². The zero-order valence-corrected chi connectivity index (χ0v) is 20.9. The van der Waals surface area contributed by atoms with Gasteiger partial charge in [-0.3, -0.25) is 19.8 Å². The quantitative estimate of drug-likeness (QED) is 0.358. The fraction of sp³-hybridized carbons (Fsp3) is 0.320. The summed E-state index contributed by atoms with van der Waals surface area (Å²) in [6, 6.07) is 13.6. The number of halogens is 1. The lowest BCUT2D eigenvalue weighted by Gasteiger charge is -2.13. The minimum atomic E-state index is -0.189. The average molecular weight is 496 g/mol. The summed E-state index contributed by atoms with van der Waals surface area (Å²) in [6.07, 6.45) is 0.753. The van der Waals surface area contributed by atoms with Crippen molar-refractivity contribution in [2.75, 3.05) is 11.9 Å². The number of benzene rings is 2. The van der Waals surface area contributed by atoms with Crippen LogP contribution in [0.2, 0.25) is 0 Å². The van der Waals surface area contributed by atoms with Crippen LogP contribution in [0.3, 0.4) is 0 Å². The number of carbonyl (C=O) groups is 1. The van der Waals surface area contributed by atoms with Crippen molar-refractivity contribution in [3.8, 4) is 0 Å². The van der Waals surface area contributed by atoms with Gasteiger partial charge in [-0.25, -0.2) is 0 Å². The van der Waals surface area contributed by atoms with Gasteiger partial charge in [0.05, 0.1) is 5.69 Å². The predicted molar refractivity (Wildman–Crippen MR) is 135 cm³/mol. The van der Waals surface area contributed by atoms with E-state index >= 15 is 0 Å². The Hall–Kier alpha value is -2.93. The first-order valence-electron chi connectivity index (χ1n) is 10.8. The molecule has 32 heavy (non-hydrogen) atoms. The minimum absolute atomic E-state index is 0.189. The van der Waals surface area contributed by atoms with E-state index in [0.29, 0.717) is 18.1 Å². The van der Waals surface area contributed by atoms with Gasteiger partial charge < -0.3 is 5.32 Å². The number of anilines is 1. The van der Waals surface area contributed by atoms with Crippen LogP contribution in [0, 0.1) is 27.7 Å². The summed E-state index contributed by atoms with van der Waals surface area (Å²) in [5.74, 6) is 0.237. The Labute approximate surface area is 198 Å². The molecule has 0 saturated carbocycles. The number of carbonyl (C=O) groups excluding carboxylic acids is 1. The first-order chi connectivity index (χ1) is 15.3. The van der Waals surface area contributed by atoms with Gasteiger partial charge in [0.1, 0.15) is 0 Å². The van der Waals surface area contributed by atoms with E-state index < -0.39 is 0 Å². The molecule has 2 N–H and O–H groups in total. The number of hydrogen-bond donors (Lipinski definition) is 2. The summed E-state index contributed by atoms with van der Waals surface area (Å²) in [4.78, 5) is 17.6. The van der Waals surface area contributed by atoms with Crippen LogP contribution in [-0.2, 0) is 13.0 Å². The Bertz CT molecular complexity index is 1110. The zero-order valence-electron chi connectivity index (χ0n) is 19.3. The molecule has 1 amide bonds. The lowest BCUT2D eigenvalue weighted by Crippen LogP contribution is -2.36. The molecule has 6 nitrogen and oxygen atoms in total. The van der Waals surface area contributed by atoms with Gasteiger partial charge in [-0.1, -0.05) is 33.1 Å². The van der Waals surface area contributed by atoms with Crippen molar-refractivity contribution >= 4 is 33.5 Å². The van der Waals surface area contributed by atoms with Gasteiger partial charge in [0.2, 0.25) is 5.96 Å². The molecular formula is C25H30BrN5O. The van der Waals surface area contributed by atoms with Crippen LogP contribution < -0.4 is 10.6 Å². The minimum Gasteiger partial charge on any atom is -0.326 e. The zero-order chi connectivity index (χ0) is 23.3. The average Bonchev–Trinajstić information content (AvgIpc) is 3.02. The van der Waals surface area contributed by atoms with Crippen molar-refractivity contribution in [2.24, 2.45) is 4.99 Å². The van der Waals surface area contributed by atoms with Crippen LogP contribution in [0.25, 0.3) is 0 Å². The molecule has 1 heterocycles. The second-order valence-corrected chi connectivity index (χ2v) is 8.82. The third kappa shape index (κ3) is 6.07. The number of aliphatic imine (C=N–C) groups is 1. The van der Waals surface area contributed by atoms with Crippen molar-refractivity contribution in [3.63, 3.8) is 0 Å². The molecule has 0 aliphatic heterocycles. The van der Waals surface area contributed by atoms with E-state index in [-0.39, 0.29) is 5.91 Å². The number of guanidine groups is 1. The van der Waals surface area contributed by atoms with Crippen molar-refractivity contribution in [1.82, 2.24) is 15.1 Å². The van der Waals surface area contributed by atoms with Crippen molar-refractivity contribution in [2.45, 2.75) is 47.6 Å². The Morgan fingerprint density at radius 1 is 1.06 bits per heavy atom. The predicted octanol–water partition coefficient (Wildman–Crippen LogP) is 5.34. The molecule has 168 valence electrons. The maximum absolute atomic E-state index is 12.9. The molecular weight excluding hydrogens is 466 g/mol. The highest BCUT2D eigenvalue weighted by Crippen LogP contribution is 2.16. The van der Waals surface area contributed by atoms with E-state index in [2.05, 4.69) is 50.5 Å². The van der Waals surface area contributed by atoms with Crippen LogP contribution in [-0.4, -0.2) is 28.2 Å². The first kappa shape index (κ1) is 23.7. The summed E-state index contributed by atoms with van der Waals surface area (Å²) in [5.41, 5.74) is 6.96. The highest BCUT2D eigenvalue weighted by Gasteiger charge is 2.13. The SMILES string of the molecule is CCn1nc(C)c(CCN=C(NC(=O)c2cc(C)cc(C)c2)Nc2ccc(Br)cc2)c1C. The molecule has 0 fully saturated rings. The van der Waals surface area contributed by atoms with Crippen LogP contribution in [0.15, 0.2) is 51.9 Å². The largest absolute Gasteiger partial charge is 0.326 e. The molecule has 0 saturated heterocycles. The third-order valence-electron chi connectivity index (χ3n) is 5.29. The highest BCUT2D eigenvalue weighted by atomic mass is 79.9. The van der Waals surface area contributed by atoms with E-state index in [1.807, 2.05) is 67.9 Å². The van der Waals surface area contributed by atoms with Gasteiger partial charge in [-0.15, -0.1) is 0 Å². The number of nitrogens with zero attached hydrogens (tertiary/aromatic N) is 3. The van der Waals surface area contributed by atoms with Gasteiger partial charge in [-0.05, 0) is 83.0 Å². The van der Waals surface area contributed by atoms with E-state index in [0.717, 1.165) is 39.9 Å². The fourth-order valence-electron chi connectivity index (χ4n) is 3.75. The molecule has 0 aliphatic rings. The first-order valence-corrected chi connectivity index (χ1v) is 11.6. The summed E-state index contributed by atoms with van der Waals surface area (Å²) in [7, 11) is 0. The maximum atomic E-state index is 12.9. The van der Waals surface area contributed by atoms with E-state index in [1.165, 1.54) is 11.3 Å². The van der Waals surface area contributed by atoms with Crippen LogP contribution in [0.5, 0.6) is 0 Å². The lowest BCUT2D eigenvalue weighted by atomic mass is 10.1. The Balaban J connectivity index is 1.80. The summed E-state index contributed by atoms with van der Waals surface area (Å²) in [6.45, 7) is 11.6. The number of amides is 1. The van der Waals surface area contributed by atoms with Gasteiger partial charge in [0, 0.05) is 34.5 Å². The second kappa shape index (κ2) is 10.6. The van der Waals surface area contributed by atoms with Crippen molar-refractivity contribution in [3.05, 3.63) is 80.6 Å². The Kier molecular flexibility index (Phi) is 7.85. The molecule has 0 bridgehead atoms. The highest BCUT2D eigenvalue weighted by molar-refractivity contribution is 9.10. The van der Waals surface area contributed by atoms with Gasteiger partial charge in [-0.2, -0.15) is 5.10 Å². The summed E-state index contributed by atoms with van der Waals surface area (Å²) < 4.78 is 3.00. The van der Waals surface area contributed by atoms with Crippen molar-refractivity contribution < 1.29 is 4.79 Å². The molecule has 0 unspecified atom stereocenters. The Morgan fingerprint density at radius 2 is 1.72 bits per heavy atom. The molecule has 7 heteroatoms. The van der Waals surface area contributed by atoms with Crippen LogP contribution in [0.1, 0.15) is 45.4 Å². The normalized spacial score (nSPS) is 11.5. The van der Waals surface area contributed by atoms with E-state index in [9.17, 15) is 4.79 Å². The molecule has 3 rings (SSSR count). The fourth-order valence-corrected chi connectivity index (χ4v) is 4.01. The van der Waals surface area contributed by atoms with Gasteiger partial charge >= 0.3 is 0 Å². The monoisotopic (exact) mass is 495 g/mol.